The molecule has 0 spiro atoms. The van der Waals surface area contributed by atoms with E-state index < -0.39 is 0 Å². The van der Waals surface area contributed by atoms with Gasteiger partial charge in [-0.25, -0.2) is 4.68 Å². The van der Waals surface area contributed by atoms with Crippen LogP contribution in [0.4, 0.5) is 5.69 Å². The SMILES string of the molecule is CCc1nn(C)c(CC)c1CN1CCC[C@H](n2ncc(N3CCC3)cc2=O)C1. The van der Waals surface area contributed by atoms with E-state index in [1.807, 2.05) is 17.9 Å². The van der Waals surface area contributed by atoms with Gasteiger partial charge in [0.2, 0.25) is 0 Å². The standard InChI is InChI=1S/C21H32N6O/c1-4-19-18(20(5-2)24(3)23-19)15-25-9-6-8-16(14-25)27-21(28)12-17(13-22-27)26-10-7-11-26/h12-13,16H,4-11,14-15H2,1-3H3/t16-/m0/s1. The molecule has 28 heavy (non-hydrogen) atoms. The summed E-state index contributed by atoms with van der Waals surface area (Å²) in [4.78, 5) is 17.4. The van der Waals surface area contributed by atoms with Gasteiger partial charge in [0.1, 0.15) is 0 Å². The van der Waals surface area contributed by atoms with Gasteiger partial charge in [0.15, 0.2) is 0 Å². The van der Waals surface area contributed by atoms with Gasteiger partial charge in [-0.3, -0.25) is 14.4 Å². The number of piperidine rings is 1. The van der Waals surface area contributed by atoms with Crippen molar-refractivity contribution in [2.45, 2.75) is 58.5 Å². The maximum atomic E-state index is 12.7. The van der Waals surface area contributed by atoms with Crippen molar-refractivity contribution in [3.8, 4) is 0 Å². The lowest BCUT2D eigenvalue weighted by molar-refractivity contribution is 0.159. The van der Waals surface area contributed by atoms with Gasteiger partial charge < -0.3 is 4.90 Å². The average molecular weight is 385 g/mol. The van der Waals surface area contributed by atoms with Gasteiger partial charge in [-0.05, 0) is 38.6 Å². The van der Waals surface area contributed by atoms with Crippen LogP contribution in [0.3, 0.4) is 0 Å². The first-order valence-corrected chi connectivity index (χ1v) is 10.7. The van der Waals surface area contributed by atoms with Crippen LogP contribution >= 0.6 is 0 Å². The summed E-state index contributed by atoms with van der Waals surface area (Å²) in [7, 11) is 2.05. The van der Waals surface area contributed by atoms with Gasteiger partial charge in [0.05, 0.1) is 23.6 Å². The molecule has 2 aliphatic heterocycles. The Balaban J connectivity index is 1.50. The van der Waals surface area contributed by atoms with Crippen LogP contribution in [-0.2, 0) is 26.4 Å². The second-order valence-electron chi connectivity index (χ2n) is 8.07. The highest BCUT2D eigenvalue weighted by Gasteiger charge is 2.26. The summed E-state index contributed by atoms with van der Waals surface area (Å²) in [5, 5.41) is 9.25. The van der Waals surface area contributed by atoms with Crippen molar-refractivity contribution in [3.05, 3.63) is 39.6 Å². The second kappa shape index (κ2) is 8.07. The number of hydrogen-bond donors (Lipinski definition) is 0. The van der Waals surface area contributed by atoms with Gasteiger partial charge in [0.25, 0.3) is 5.56 Å². The molecule has 2 fully saturated rings. The third kappa shape index (κ3) is 3.60. The lowest BCUT2D eigenvalue weighted by atomic mass is 10.0. The Kier molecular flexibility index (Phi) is 5.53. The van der Waals surface area contributed by atoms with Crippen LogP contribution in [-0.4, -0.2) is 50.6 Å². The molecule has 7 heteroatoms. The maximum Gasteiger partial charge on any atom is 0.269 e. The summed E-state index contributed by atoms with van der Waals surface area (Å²) < 4.78 is 3.75. The fourth-order valence-corrected chi connectivity index (χ4v) is 4.60. The molecule has 2 aromatic heterocycles. The third-order valence-electron chi connectivity index (χ3n) is 6.27. The minimum atomic E-state index is 0.0288. The first-order chi connectivity index (χ1) is 13.6. The Morgan fingerprint density at radius 2 is 1.96 bits per heavy atom. The highest BCUT2D eigenvalue weighted by atomic mass is 16.1. The zero-order valence-corrected chi connectivity index (χ0v) is 17.4. The van der Waals surface area contributed by atoms with Crippen LogP contribution in [0, 0.1) is 0 Å². The predicted molar refractivity (Wildman–Crippen MR) is 111 cm³/mol. The number of likely N-dealkylation sites (tertiary alicyclic amines) is 1. The summed E-state index contributed by atoms with van der Waals surface area (Å²) in [5.41, 5.74) is 4.90. The van der Waals surface area contributed by atoms with E-state index in [0.29, 0.717) is 0 Å². The number of anilines is 1. The summed E-state index contributed by atoms with van der Waals surface area (Å²) in [6.45, 7) is 9.29. The molecule has 0 radical (unpaired) electrons. The Morgan fingerprint density at radius 1 is 1.14 bits per heavy atom. The van der Waals surface area contributed by atoms with Gasteiger partial charge in [-0.2, -0.15) is 10.2 Å². The van der Waals surface area contributed by atoms with E-state index in [0.717, 1.165) is 64.1 Å². The van der Waals surface area contributed by atoms with Crippen LogP contribution < -0.4 is 10.5 Å². The molecule has 0 saturated carbocycles. The predicted octanol–water partition coefficient (Wildman–Crippen LogP) is 2.15. The first kappa shape index (κ1) is 19.2. The van der Waals surface area contributed by atoms with E-state index >= 15 is 0 Å². The summed E-state index contributed by atoms with van der Waals surface area (Å²) in [5.74, 6) is 0. The lowest BCUT2D eigenvalue weighted by Gasteiger charge is -2.34. The van der Waals surface area contributed by atoms with Crippen LogP contribution in [0.15, 0.2) is 17.1 Å². The fourth-order valence-electron chi connectivity index (χ4n) is 4.60. The molecule has 0 unspecified atom stereocenters. The molecule has 2 aromatic rings. The summed E-state index contributed by atoms with van der Waals surface area (Å²) in [6.07, 6.45) is 7.13. The molecule has 2 saturated heterocycles. The molecule has 0 N–H and O–H groups in total. The minimum Gasteiger partial charge on any atom is -0.370 e. The Bertz CT molecular complexity index is 882. The number of rotatable bonds is 6. The first-order valence-electron chi connectivity index (χ1n) is 10.7. The van der Waals surface area contributed by atoms with Crippen molar-refractivity contribution in [2.75, 3.05) is 31.1 Å². The van der Waals surface area contributed by atoms with E-state index in [9.17, 15) is 4.79 Å². The normalized spacial score (nSPS) is 20.4. The summed E-state index contributed by atoms with van der Waals surface area (Å²) in [6, 6.07) is 1.91. The zero-order valence-electron chi connectivity index (χ0n) is 17.4. The van der Waals surface area contributed by atoms with E-state index in [1.165, 1.54) is 23.4 Å². The molecule has 4 rings (SSSR count). The van der Waals surface area contributed by atoms with Gasteiger partial charge >= 0.3 is 0 Å². The van der Waals surface area contributed by atoms with Crippen molar-refractivity contribution in [3.63, 3.8) is 0 Å². The van der Waals surface area contributed by atoms with Gasteiger partial charge in [-0.1, -0.05) is 13.8 Å². The van der Waals surface area contributed by atoms with Crippen molar-refractivity contribution in [1.29, 1.82) is 0 Å². The van der Waals surface area contributed by atoms with Crippen LogP contribution in [0.5, 0.6) is 0 Å². The Morgan fingerprint density at radius 3 is 2.61 bits per heavy atom. The number of nitrogens with zero attached hydrogens (tertiary/aromatic N) is 6. The zero-order chi connectivity index (χ0) is 19.7. The number of aryl methyl sites for hydroxylation is 2. The molecule has 1 atom stereocenters. The topological polar surface area (TPSA) is 59.2 Å². The molecule has 0 aromatic carbocycles. The summed E-state index contributed by atoms with van der Waals surface area (Å²) >= 11 is 0. The van der Waals surface area contributed by atoms with Gasteiger partial charge in [0, 0.05) is 50.6 Å². The smallest absolute Gasteiger partial charge is 0.269 e. The molecule has 0 bridgehead atoms. The van der Waals surface area contributed by atoms with E-state index in [1.54, 1.807) is 10.7 Å². The van der Waals surface area contributed by atoms with E-state index in [4.69, 9.17) is 5.10 Å². The van der Waals surface area contributed by atoms with Crippen molar-refractivity contribution >= 4 is 5.69 Å². The number of aromatic nitrogens is 4. The fraction of sp³-hybridized carbons (Fsp3) is 0.667. The van der Waals surface area contributed by atoms with Gasteiger partial charge in [-0.15, -0.1) is 0 Å². The quantitative estimate of drug-likeness (QED) is 0.764. The largest absolute Gasteiger partial charge is 0.370 e. The monoisotopic (exact) mass is 384 g/mol. The minimum absolute atomic E-state index is 0.0288. The lowest BCUT2D eigenvalue weighted by Crippen LogP contribution is -2.42. The van der Waals surface area contributed by atoms with Crippen LogP contribution in [0.1, 0.15) is 56.1 Å². The van der Waals surface area contributed by atoms with Crippen molar-refractivity contribution in [1.82, 2.24) is 24.5 Å². The third-order valence-corrected chi connectivity index (χ3v) is 6.27. The maximum absolute atomic E-state index is 12.7. The number of hydrogen-bond acceptors (Lipinski definition) is 5. The molecule has 4 heterocycles. The van der Waals surface area contributed by atoms with Crippen molar-refractivity contribution in [2.24, 2.45) is 7.05 Å². The molecular weight excluding hydrogens is 352 g/mol. The highest BCUT2D eigenvalue weighted by molar-refractivity contribution is 5.44. The second-order valence-corrected chi connectivity index (χ2v) is 8.07. The molecule has 0 amide bonds. The van der Waals surface area contributed by atoms with Crippen LogP contribution in [0.25, 0.3) is 0 Å². The van der Waals surface area contributed by atoms with Crippen molar-refractivity contribution < 1.29 is 0 Å². The molecule has 152 valence electrons. The Labute approximate surface area is 166 Å². The molecule has 0 aliphatic carbocycles. The molecule has 2 aliphatic rings. The average Bonchev–Trinajstić information content (AvgIpc) is 2.95. The van der Waals surface area contributed by atoms with Crippen LogP contribution in [0.2, 0.25) is 0 Å². The highest BCUT2D eigenvalue weighted by Crippen LogP contribution is 2.25. The van der Waals surface area contributed by atoms with E-state index in [-0.39, 0.29) is 11.6 Å². The Hall–Kier alpha value is -2.15. The molecular formula is C21H32N6O. The molecule has 7 nitrogen and oxygen atoms in total. The van der Waals surface area contributed by atoms with E-state index in [2.05, 4.69) is 28.7 Å².